The van der Waals surface area contributed by atoms with Gasteiger partial charge in [0.1, 0.15) is 0 Å². The van der Waals surface area contributed by atoms with Gasteiger partial charge in [-0.05, 0) is 18.6 Å². The molecular formula is C14H18N2O. The van der Waals surface area contributed by atoms with Crippen LogP contribution in [0.5, 0.6) is 0 Å². The first-order valence-corrected chi connectivity index (χ1v) is 5.89. The van der Waals surface area contributed by atoms with Crippen LogP contribution in [0.2, 0.25) is 0 Å². The molecule has 0 bridgehead atoms. The molecule has 2 N–H and O–H groups in total. The second-order valence-electron chi connectivity index (χ2n) is 4.24. The topological polar surface area (TPSA) is 48.1 Å². The number of ether oxygens (including phenoxy) is 1. The van der Waals surface area contributed by atoms with E-state index in [4.69, 9.17) is 10.5 Å². The van der Waals surface area contributed by atoms with Crippen LogP contribution in [0.1, 0.15) is 12.1 Å². The molecule has 0 spiro atoms. The average molecular weight is 230 g/mol. The van der Waals surface area contributed by atoms with Crippen LogP contribution in [0.15, 0.2) is 36.4 Å². The summed E-state index contributed by atoms with van der Waals surface area (Å²) < 4.78 is 5.02. The highest BCUT2D eigenvalue weighted by Crippen LogP contribution is 2.12. The van der Waals surface area contributed by atoms with Crippen molar-refractivity contribution in [2.75, 3.05) is 13.7 Å². The summed E-state index contributed by atoms with van der Waals surface area (Å²) in [6.45, 7) is 0.703. The number of para-hydroxylation sites is 1. The summed E-state index contributed by atoms with van der Waals surface area (Å²) in [7, 11) is 1.70. The standard InChI is InChI=1S/C14H18N2O/c1-17-9-8-12(15)10-13-7-6-11-4-2-3-5-14(11)16-13/h2-7,12H,8-10,15H2,1H3. The van der Waals surface area contributed by atoms with Crippen molar-refractivity contribution < 1.29 is 4.74 Å². The van der Waals surface area contributed by atoms with Crippen LogP contribution in [-0.4, -0.2) is 24.7 Å². The second kappa shape index (κ2) is 5.75. The fraction of sp³-hybridized carbons (Fsp3) is 0.357. The number of rotatable bonds is 5. The van der Waals surface area contributed by atoms with Gasteiger partial charge in [-0.15, -0.1) is 0 Å². The van der Waals surface area contributed by atoms with Crippen LogP contribution < -0.4 is 5.73 Å². The number of hydrogen-bond donors (Lipinski definition) is 1. The SMILES string of the molecule is COCCC(N)Cc1ccc2ccccc2n1. The van der Waals surface area contributed by atoms with Crippen molar-refractivity contribution in [2.45, 2.75) is 18.9 Å². The number of nitrogens with zero attached hydrogens (tertiary/aromatic N) is 1. The molecule has 17 heavy (non-hydrogen) atoms. The molecule has 0 radical (unpaired) electrons. The van der Waals surface area contributed by atoms with E-state index < -0.39 is 0 Å². The lowest BCUT2D eigenvalue weighted by Gasteiger charge is -2.10. The molecule has 0 aliphatic carbocycles. The summed E-state index contributed by atoms with van der Waals surface area (Å²) in [6, 6.07) is 12.4. The van der Waals surface area contributed by atoms with Gasteiger partial charge in [0.2, 0.25) is 0 Å². The lowest BCUT2D eigenvalue weighted by molar-refractivity contribution is 0.187. The summed E-state index contributed by atoms with van der Waals surface area (Å²) in [4.78, 5) is 4.60. The molecule has 3 heteroatoms. The number of pyridine rings is 1. The average Bonchev–Trinajstić information content (AvgIpc) is 2.36. The molecule has 1 atom stereocenters. The molecule has 1 heterocycles. The molecule has 2 aromatic rings. The minimum absolute atomic E-state index is 0.114. The van der Waals surface area contributed by atoms with Crippen LogP contribution in [-0.2, 0) is 11.2 Å². The molecule has 3 nitrogen and oxygen atoms in total. The van der Waals surface area contributed by atoms with E-state index in [0.29, 0.717) is 6.61 Å². The van der Waals surface area contributed by atoms with Gasteiger partial charge in [-0.25, -0.2) is 0 Å². The molecule has 0 amide bonds. The normalized spacial score (nSPS) is 12.8. The Labute approximate surface area is 102 Å². The maximum atomic E-state index is 6.02. The smallest absolute Gasteiger partial charge is 0.0705 e. The minimum atomic E-state index is 0.114. The Morgan fingerprint density at radius 3 is 2.88 bits per heavy atom. The van der Waals surface area contributed by atoms with Gasteiger partial charge in [0.25, 0.3) is 0 Å². The predicted octanol–water partition coefficient (Wildman–Crippen LogP) is 2.14. The Hall–Kier alpha value is -1.45. The zero-order valence-electron chi connectivity index (χ0n) is 10.1. The molecule has 0 fully saturated rings. The lowest BCUT2D eigenvalue weighted by Crippen LogP contribution is -2.24. The van der Waals surface area contributed by atoms with Crippen molar-refractivity contribution in [2.24, 2.45) is 5.73 Å². The molecule has 0 saturated carbocycles. The second-order valence-corrected chi connectivity index (χ2v) is 4.24. The van der Waals surface area contributed by atoms with Gasteiger partial charge in [-0.3, -0.25) is 4.98 Å². The maximum absolute atomic E-state index is 6.02. The Morgan fingerprint density at radius 1 is 1.24 bits per heavy atom. The van der Waals surface area contributed by atoms with E-state index in [0.717, 1.165) is 24.1 Å². The first kappa shape index (κ1) is 12.0. The molecule has 1 aromatic carbocycles. The zero-order chi connectivity index (χ0) is 12.1. The van der Waals surface area contributed by atoms with E-state index in [1.165, 1.54) is 5.39 Å². The summed E-state index contributed by atoms with van der Waals surface area (Å²) >= 11 is 0. The van der Waals surface area contributed by atoms with Crippen molar-refractivity contribution >= 4 is 10.9 Å². The summed E-state index contributed by atoms with van der Waals surface area (Å²) in [6.07, 6.45) is 1.67. The zero-order valence-corrected chi connectivity index (χ0v) is 10.1. The van der Waals surface area contributed by atoms with Crippen molar-refractivity contribution in [3.05, 3.63) is 42.1 Å². The lowest BCUT2D eigenvalue weighted by atomic mass is 10.1. The van der Waals surface area contributed by atoms with E-state index in [2.05, 4.69) is 23.2 Å². The van der Waals surface area contributed by atoms with Crippen molar-refractivity contribution in [1.29, 1.82) is 0 Å². The van der Waals surface area contributed by atoms with E-state index in [1.807, 2.05) is 18.2 Å². The predicted molar refractivity (Wildman–Crippen MR) is 69.9 cm³/mol. The highest BCUT2D eigenvalue weighted by atomic mass is 16.5. The number of methoxy groups -OCH3 is 1. The first-order valence-electron chi connectivity index (χ1n) is 5.89. The van der Waals surface area contributed by atoms with Crippen molar-refractivity contribution in [3.8, 4) is 0 Å². The van der Waals surface area contributed by atoms with Gasteiger partial charge in [0.05, 0.1) is 5.52 Å². The molecular weight excluding hydrogens is 212 g/mol. The molecule has 2 rings (SSSR count). The Kier molecular flexibility index (Phi) is 4.07. The number of fused-ring (bicyclic) bond motifs is 1. The van der Waals surface area contributed by atoms with Gasteiger partial charge in [-0.2, -0.15) is 0 Å². The monoisotopic (exact) mass is 230 g/mol. The van der Waals surface area contributed by atoms with Crippen LogP contribution >= 0.6 is 0 Å². The van der Waals surface area contributed by atoms with Gasteiger partial charge in [-0.1, -0.05) is 24.3 Å². The largest absolute Gasteiger partial charge is 0.385 e. The molecule has 90 valence electrons. The number of aromatic nitrogens is 1. The maximum Gasteiger partial charge on any atom is 0.0705 e. The van der Waals surface area contributed by atoms with Gasteiger partial charge in [0.15, 0.2) is 0 Å². The molecule has 1 unspecified atom stereocenters. The third kappa shape index (κ3) is 3.25. The molecule has 0 aliphatic rings. The molecule has 0 aliphatic heterocycles. The summed E-state index contributed by atoms with van der Waals surface area (Å²) in [5.41, 5.74) is 8.10. The third-order valence-corrected chi connectivity index (χ3v) is 2.82. The van der Waals surface area contributed by atoms with Crippen LogP contribution in [0, 0.1) is 0 Å². The third-order valence-electron chi connectivity index (χ3n) is 2.82. The Bertz CT molecular complexity index is 484. The summed E-state index contributed by atoms with van der Waals surface area (Å²) in [5.74, 6) is 0. The van der Waals surface area contributed by atoms with Gasteiger partial charge in [0, 0.05) is 37.3 Å². The van der Waals surface area contributed by atoms with Gasteiger partial charge >= 0.3 is 0 Å². The fourth-order valence-corrected chi connectivity index (χ4v) is 1.86. The Balaban J connectivity index is 2.08. The molecule has 0 saturated heterocycles. The quantitative estimate of drug-likeness (QED) is 0.856. The highest BCUT2D eigenvalue weighted by molar-refractivity contribution is 5.78. The van der Waals surface area contributed by atoms with Gasteiger partial charge < -0.3 is 10.5 Å². The Morgan fingerprint density at radius 2 is 2.06 bits per heavy atom. The number of benzene rings is 1. The van der Waals surface area contributed by atoms with Crippen LogP contribution in [0.3, 0.4) is 0 Å². The molecule has 1 aromatic heterocycles. The number of nitrogens with two attached hydrogens (primary N) is 1. The van der Waals surface area contributed by atoms with E-state index >= 15 is 0 Å². The van der Waals surface area contributed by atoms with E-state index in [-0.39, 0.29) is 6.04 Å². The van der Waals surface area contributed by atoms with E-state index in [9.17, 15) is 0 Å². The first-order chi connectivity index (χ1) is 8.29. The van der Waals surface area contributed by atoms with Crippen molar-refractivity contribution in [1.82, 2.24) is 4.98 Å². The van der Waals surface area contributed by atoms with Crippen LogP contribution in [0.25, 0.3) is 10.9 Å². The highest BCUT2D eigenvalue weighted by Gasteiger charge is 2.05. The van der Waals surface area contributed by atoms with Crippen LogP contribution in [0.4, 0.5) is 0 Å². The fourth-order valence-electron chi connectivity index (χ4n) is 1.86. The summed E-state index contributed by atoms with van der Waals surface area (Å²) in [5, 5.41) is 1.17. The minimum Gasteiger partial charge on any atom is -0.385 e. The van der Waals surface area contributed by atoms with E-state index in [1.54, 1.807) is 7.11 Å². The van der Waals surface area contributed by atoms with Crippen molar-refractivity contribution in [3.63, 3.8) is 0 Å². The number of hydrogen-bond acceptors (Lipinski definition) is 3.